The lowest BCUT2D eigenvalue weighted by Gasteiger charge is -2.13. The number of rotatable bonds is 11. The molecule has 0 spiro atoms. The summed E-state index contributed by atoms with van der Waals surface area (Å²) in [5.74, 6) is 1.58. The summed E-state index contributed by atoms with van der Waals surface area (Å²) >= 11 is 0. The third kappa shape index (κ3) is 6.54. The minimum Gasteiger partial charge on any atom is -0.497 e. The SMILES string of the molecule is C=C(NCc1ccc(OC)cc1)Nc1ccc(CC(=O)NC2CC2OCC)cc1. The molecule has 154 valence electrons. The van der Waals surface area contributed by atoms with Crippen LogP contribution in [0.1, 0.15) is 24.5 Å². The molecule has 1 aliphatic rings. The van der Waals surface area contributed by atoms with Gasteiger partial charge in [0.2, 0.25) is 5.91 Å². The Balaban J connectivity index is 1.40. The van der Waals surface area contributed by atoms with Gasteiger partial charge in [0.05, 0.1) is 31.5 Å². The molecule has 1 aliphatic carbocycles. The summed E-state index contributed by atoms with van der Waals surface area (Å²) in [5.41, 5.74) is 3.02. The van der Waals surface area contributed by atoms with E-state index in [1.165, 1.54) is 0 Å². The first-order valence-electron chi connectivity index (χ1n) is 9.90. The number of amides is 1. The summed E-state index contributed by atoms with van der Waals surface area (Å²) in [6.45, 7) is 7.33. The Morgan fingerprint density at radius 3 is 2.45 bits per heavy atom. The maximum absolute atomic E-state index is 12.1. The van der Waals surface area contributed by atoms with Gasteiger partial charge in [-0.1, -0.05) is 30.8 Å². The van der Waals surface area contributed by atoms with E-state index >= 15 is 0 Å². The summed E-state index contributed by atoms with van der Waals surface area (Å²) in [7, 11) is 1.65. The van der Waals surface area contributed by atoms with Gasteiger partial charge in [0.25, 0.3) is 0 Å². The number of nitrogens with one attached hydrogen (secondary N) is 3. The third-order valence-electron chi connectivity index (χ3n) is 4.74. The minimum atomic E-state index is 0.0310. The Morgan fingerprint density at radius 1 is 1.10 bits per heavy atom. The van der Waals surface area contributed by atoms with Gasteiger partial charge < -0.3 is 25.4 Å². The normalized spacial score (nSPS) is 17.3. The van der Waals surface area contributed by atoms with Crippen LogP contribution in [0.2, 0.25) is 0 Å². The van der Waals surface area contributed by atoms with Crippen molar-refractivity contribution in [1.29, 1.82) is 0 Å². The second-order valence-electron chi connectivity index (χ2n) is 7.08. The van der Waals surface area contributed by atoms with Crippen molar-refractivity contribution < 1.29 is 14.3 Å². The molecular weight excluding hydrogens is 366 g/mol. The van der Waals surface area contributed by atoms with Crippen LogP contribution in [0.3, 0.4) is 0 Å². The van der Waals surface area contributed by atoms with Crippen LogP contribution in [0.5, 0.6) is 5.75 Å². The Hall–Kier alpha value is -2.99. The average Bonchev–Trinajstić information content (AvgIpc) is 3.45. The predicted molar refractivity (Wildman–Crippen MR) is 115 cm³/mol. The van der Waals surface area contributed by atoms with Crippen LogP contribution in [0.4, 0.5) is 5.69 Å². The highest BCUT2D eigenvalue weighted by molar-refractivity contribution is 5.79. The molecule has 2 unspecified atom stereocenters. The van der Waals surface area contributed by atoms with Gasteiger partial charge in [-0.25, -0.2) is 0 Å². The maximum atomic E-state index is 12.1. The van der Waals surface area contributed by atoms with E-state index in [0.29, 0.717) is 25.4 Å². The molecule has 0 bridgehead atoms. The van der Waals surface area contributed by atoms with Gasteiger partial charge in [0, 0.05) is 18.8 Å². The molecule has 0 heterocycles. The van der Waals surface area contributed by atoms with Crippen LogP contribution < -0.4 is 20.7 Å². The number of anilines is 1. The van der Waals surface area contributed by atoms with Crippen molar-refractivity contribution in [1.82, 2.24) is 10.6 Å². The van der Waals surface area contributed by atoms with Gasteiger partial charge in [-0.3, -0.25) is 4.79 Å². The number of benzene rings is 2. The lowest BCUT2D eigenvalue weighted by molar-refractivity contribution is -0.120. The molecule has 0 aliphatic heterocycles. The van der Waals surface area contributed by atoms with Crippen LogP contribution in [0, 0.1) is 0 Å². The zero-order chi connectivity index (χ0) is 20.6. The molecule has 1 amide bonds. The molecule has 2 aromatic carbocycles. The van der Waals surface area contributed by atoms with E-state index in [2.05, 4.69) is 22.5 Å². The Labute approximate surface area is 172 Å². The molecular formula is C23H29N3O3. The van der Waals surface area contributed by atoms with Crippen molar-refractivity contribution >= 4 is 11.6 Å². The summed E-state index contributed by atoms with van der Waals surface area (Å²) in [5, 5.41) is 9.49. The van der Waals surface area contributed by atoms with Gasteiger partial charge in [-0.2, -0.15) is 0 Å². The van der Waals surface area contributed by atoms with E-state index in [9.17, 15) is 4.79 Å². The molecule has 6 heteroatoms. The van der Waals surface area contributed by atoms with Crippen LogP contribution >= 0.6 is 0 Å². The maximum Gasteiger partial charge on any atom is 0.224 e. The number of carbonyl (C=O) groups is 1. The third-order valence-corrected chi connectivity index (χ3v) is 4.74. The zero-order valence-electron chi connectivity index (χ0n) is 17.0. The Kier molecular flexibility index (Phi) is 7.14. The van der Waals surface area contributed by atoms with Gasteiger partial charge >= 0.3 is 0 Å². The largest absolute Gasteiger partial charge is 0.497 e. The van der Waals surface area contributed by atoms with Gasteiger partial charge in [0.1, 0.15) is 5.75 Å². The minimum absolute atomic E-state index is 0.0310. The molecule has 1 saturated carbocycles. The quantitative estimate of drug-likeness (QED) is 0.545. The lowest BCUT2D eigenvalue weighted by atomic mass is 10.1. The molecule has 6 nitrogen and oxygen atoms in total. The fourth-order valence-electron chi connectivity index (χ4n) is 3.04. The van der Waals surface area contributed by atoms with Crippen LogP contribution in [-0.2, 0) is 22.5 Å². The first-order valence-corrected chi connectivity index (χ1v) is 9.90. The Morgan fingerprint density at radius 2 is 1.79 bits per heavy atom. The molecule has 29 heavy (non-hydrogen) atoms. The Bertz CT molecular complexity index is 818. The van der Waals surface area contributed by atoms with Crippen molar-refractivity contribution in [2.45, 2.75) is 38.5 Å². The molecule has 2 atom stereocenters. The number of methoxy groups -OCH3 is 1. The number of hydrogen-bond donors (Lipinski definition) is 3. The number of ether oxygens (including phenoxy) is 2. The van der Waals surface area contributed by atoms with Gasteiger partial charge in [-0.05, 0) is 48.7 Å². The topological polar surface area (TPSA) is 71.6 Å². The molecule has 3 N–H and O–H groups in total. The summed E-state index contributed by atoms with van der Waals surface area (Å²) in [6.07, 6.45) is 1.47. The second kappa shape index (κ2) is 9.98. The van der Waals surface area contributed by atoms with Gasteiger partial charge in [-0.15, -0.1) is 0 Å². The summed E-state index contributed by atoms with van der Waals surface area (Å²) in [6, 6.07) is 15.9. The van der Waals surface area contributed by atoms with Gasteiger partial charge in [0.15, 0.2) is 0 Å². The van der Waals surface area contributed by atoms with E-state index < -0.39 is 0 Å². The van der Waals surface area contributed by atoms with E-state index in [1.807, 2.05) is 55.5 Å². The number of hydrogen-bond acceptors (Lipinski definition) is 5. The standard InChI is InChI=1S/C23H29N3O3/c1-4-29-22-14-21(22)26-23(27)13-17-5-9-19(10-6-17)25-16(2)24-15-18-7-11-20(28-3)12-8-18/h5-12,21-22,24-25H,2,4,13-15H2,1,3H3,(H,26,27). The van der Waals surface area contributed by atoms with Crippen molar-refractivity contribution in [3.8, 4) is 5.75 Å². The fraction of sp³-hybridized carbons (Fsp3) is 0.348. The van der Waals surface area contributed by atoms with Crippen molar-refractivity contribution in [2.24, 2.45) is 0 Å². The lowest BCUT2D eigenvalue weighted by Crippen LogP contribution is -2.29. The highest BCUT2D eigenvalue weighted by atomic mass is 16.5. The summed E-state index contributed by atoms with van der Waals surface area (Å²) < 4.78 is 10.6. The zero-order valence-corrected chi connectivity index (χ0v) is 17.0. The van der Waals surface area contributed by atoms with Crippen molar-refractivity contribution in [3.63, 3.8) is 0 Å². The van der Waals surface area contributed by atoms with Crippen molar-refractivity contribution in [2.75, 3.05) is 19.0 Å². The average molecular weight is 396 g/mol. The molecule has 0 aromatic heterocycles. The fourth-order valence-corrected chi connectivity index (χ4v) is 3.04. The van der Waals surface area contributed by atoms with E-state index in [1.54, 1.807) is 7.11 Å². The highest BCUT2D eigenvalue weighted by Crippen LogP contribution is 2.25. The van der Waals surface area contributed by atoms with Crippen LogP contribution in [0.15, 0.2) is 60.9 Å². The first kappa shape index (κ1) is 20.7. The second-order valence-corrected chi connectivity index (χ2v) is 7.08. The smallest absolute Gasteiger partial charge is 0.224 e. The van der Waals surface area contributed by atoms with Crippen molar-refractivity contribution in [3.05, 3.63) is 72.1 Å². The molecule has 1 fully saturated rings. The predicted octanol–water partition coefficient (Wildman–Crippen LogP) is 3.20. The molecule has 2 aromatic rings. The molecule has 3 rings (SSSR count). The van der Waals surface area contributed by atoms with Crippen LogP contribution in [-0.4, -0.2) is 31.8 Å². The van der Waals surface area contributed by atoms with E-state index in [4.69, 9.17) is 9.47 Å². The monoisotopic (exact) mass is 395 g/mol. The van der Waals surface area contributed by atoms with E-state index in [-0.39, 0.29) is 18.1 Å². The summed E-state index contributed by atoms with van der Waals surface area (Å²) in [4.78, 5) is 12.1. The number of carbonyl (C=O) groups excluding carboxylic acids is 1. The molecule has 0 radical (unpaired) electrons. The van der Waals surface area contributed by atoms with Crippen LogP contribution in [0.25, 0.3) is 0 Å². The highest BCUT2D eigenvalue weighted by Gasteiger charge is 2.38. The van der Waals surface area contributed by atoms with E-state index in [0.717, 1.165) is 29.0 Å². The molecule has 0 saturated heterocycles. The first-order chi connectivity index (χ1) is 14.1.